The molecule has 0 bridgehead atoms. The van der Waals surface area contributed by atoms with Gasteiger partial charge < -0.3 is 10.1 Å². The van der Waals surface area contributed by atoms with Crippen LogP contribution in [0.25, 0.3) is 6.08 Å². The third-order valence-corrected chi connectivity index (χ3v) is 4.94. The topological polar surface area (TPSA) is 56.2 Å². The van der Waals surface area contributed by atoms with Crippen LogP contribution >= 0.6 is 15.9 Å². The first-order valence-electron chi connectivity index (χ1n) is 8.88. The number of amides is 1. The average Bonchev–Trinajstić information content (AvgIpc) is 3.31. The Hall–Kier alpha value is -2.08. The van der Waals surface area contributed by atoms with Crippen molar-refractivity contribution in [1.29, 1.82) is 0 Å². The molecule has 0 aliphatic heterocycles. The van der Waals surface area contributed by atoms with Crippen molar-refractivity contribution in [2.45, 2.75) is 39.3 Å². The standard InChI is InChI=1S/C20H24BrN3O2/c1-14(23-15(2)25)3-4-17-10-22-24(11-17)12-18-7-8-19(9-20(18)21)26-13-16-5-6-16/h3-4,7-11,14,16H,5-6,12-13H2,1-2H3,(H,23,25)/t14-/m0/s1. The number of nitrogens with one attached hydrogen (secondary N) is 1. The van der Waals surface area contributed by atoms with Crippen LogP contribution in [0.1, 0.15) is 37.8 Å². The van der Waals surface area contributed by atoms with Crippen LogP contribution in [0, 0.1) is 5.92 Å². The van der Waals surface area contributed by atoms with Crippen molar-refractivity contribution in [1.82, 2.24) is 15.1 Å². The Morgan fingerprint density at radius 2 is 2.31 bits per heavy atom. The van der Waals surface area contributed by atoms with Crippen LogP contribution in [-0.2, 0) is 11.3 Å². The minimum absolute atomic E-state index is 0.00632. The number of hydrogen-bond donors (Lipinski definition) is 1. The Labute approximate surface area is 162 Å². The molecule has 1 amide bonds. The second-order valence-corrected chi connectivity index (χ2v) is 7.68. The summed E-state index contributed by atoms with van der Waals surface area (Å²) in [7, 11) is 0. The van der Waals surface area contributed by atoms with Crippen LogP contribution < -0.4 is 10.1 Å². The normalized spacial score (nSPS) is 15.2. The third kappa shape index (κ3) is 5.73. The monoisotopic (exact) mass is 417 g/mol. The predicted octanol–water partition coefficient (Wildman–Crippen LogP) is 4.02. The van der Waals surface area contributed by atoms with E-state index in [1.165, 1.54) is 19.8 Å². The molecule has 0 spiro atoms. The fourth-order valence-electron chi connectivity index (χ4n) is 2.60. The van der Waals surface area contributed by atoms with Gasteiger partial charge in [-0.2, -0.15) is 5.10 Å². The molecule has 1 N–H and O–H groups in total. The number of nitrogens with zero attached hydrogens (tertiary/aromatic N) is 2. The quantitative estimate of drug-likeness (QED) is 0.705. The number of halogens is 1. The Kier molecular flexibility index (Phi) is 6.14. The SMILES string of the molecule is CC(=O)N[C@@H](C)C=Cc1cnn(Cc2ccc(OCC3CC3)cc2Br)c1. The second-order valence-electron chi connectivity index (χ2n) is 6.83. The Morgan fingerprint density at radius 3 is 3.00 bits per heavy atom. The Balaban J connectivity index is 1.57. The van der Waals surface area contributed by atoms with Crippen LogP contribution in [0.4, 0.5) is 0 Å². The minimum atomic E-state index is -0.0350. The molecule has 1 aliphatic rings. The molecule has 1 fully saturated rings. The fourth-order valence-corrected chi connectivity index (χ4v) is 3.08. The van der Waals surface area contributed by atoms with Crippen LogP contribution in [0.3, 0.4) is 0 Å². The molecule has 6 heteroatoms. The number of hydrogen-bond acceptors (Lipinski definition) is 3. The lowest BCUT2D eigenvalue weighted by Crippen LogP contribution is -2.28. The number of aromatic nitrogens is 2. The average molecular weight is 418 g/mol. The third-order valence-electron chi connectivity index (χ3n) is 4.20. The van der Waals surface area contributed by atoms with E-state index in [9.17, 15) is 4.79 Å². The maximum Gasteiger partial charge on any atom is 0.217 e. The molecular weight excluding hydrogens is 394 g/mol. The van der Waals surface area contributed by atoms with Gasteiger partial charge in [-0.3, -0.25) is 9.48 Å². The molecule has 1 saturated carbocycles. The van der Waals surface area contributed by atoms with E-state index in [0.29, 0.717) is 6.54 Å². The maximum absolute atomic E-state index is 11.0. The molecule has 138 valence electrons. The molecule has 1 aromatic carbocycles. The van der Waals surface area contributed by atoms with E-state index in [-0.39, 0.29) is 11.9 Å². The summed E-state index contributed by atoms with van der Waals surface area (Å²) in [6, 6.07) is 6.11. The largest absolute Gasteiger partial charge is 0.493 e. The summed E-state index contributed by atoms with van der Waals surface area (Å²) < 4.78 is 8.73. The molecule has 1 atom stereocenters. The molecule has 2 aromatic rings. The number of ether oxygens (including phenoxy) is 1. The molecular formula is C20H24BrN3O2. The van der Waals surface area contributed by atoms with E-state index in [0.717, 1.165) is 33.9 Å². The van der Waals surface area contributed by atoms with E-state index in [1.54, 1.807) is 0 Å². The highest BCUT2D eigenvalue weighted by Crippen LogP contribution is 2.30. The van der Waals surface area contributed by atoms with Gasteiger partial charge in [0, 0.05) is 29.2 Å². The summed E-state index contributed by atoms with van der Waals surface area (Å²) in [6.45, 7) is 4.95. The van der Waals surface area contributed by atoms with E-state index < -0.39 is 0 Å². The van der Waals surface area contributed by atoms with Gasteiger partial charge in [-0.25, -0.2) is 0 Å². The molecule has 0 unspecified atom stereocenters. The maximum atomic E-state index is 11.0. The summed E-state index contributed by atoms with van der Waals surface area (Å²) >= 11 is 3.63. The van der Waals surface area contributed by atoms with Crippen LogP contribution in [0.15, 0.2) is 41.1 Å². The molecule has 3 rings (SSSR count). The molecule has 0 saturated heterocycles. The number of carbonyl (C=O) groups is 1. The smallest absolute Gasteiger partial charge is 0.217 e. The van der Waals surface area contributed by atoms with Gasteiger partial charge in [-0.15, -0.1) is 0 Å². The zero-order valence-corrected chi connectivity index (χ0v) is 16.7. The molecule has 26 heavy (non-hydrogen) atoms. The van der Waals surface area contributed by atoms with E-state index >= 15 is 0 Å². The predicted molar refractivity (Wildman–Crippen MR) is 106 cm³/mol. The van der Waals surface area contributed by atoms with E-state index in [4.69, 9.17) is 4.74 Å². The van der Waals surface area contributed by atoms with Gasteiger partial charge >= 0.3 is 0 Å². The van der Waals surface area contributed by atoms with Gasteiger partial charge in [0.15, 0.2) is 0 Å². The highest BCUT2D eigenvalue weighted by Gasteiger charge is 2.21. The second kappa shape index (κ2) is 8.54. The van der Waals surface area contributed by atoms with Crippen molar-refractivity contribution in [3.63, 3.8) is 0 Å². The Morgan fingerprint density at radius 1 is 1.50 bits per heavy atom. The molecule has 1 aromatic heterocycles. The lowest BCUT2D eigenvalue weighted by molar-refractivity contribution is -0.119. The molecule has 0 radical (unpaired) electrons. The highest BCUT2D eigenvalue weighted by atomic mass is 79.9. The number of benzene rings is 1. The van der Waals surface area contributed by atoms with Crippen molar-refractivity contribution in [3.8, 4) is 5.75 Å². The number of carbonyl (C=O) groups excluding carboxylic acids is 1. The van der Waals surface area contributed by atoms with E-state index in [2.05, 4.69) is 32.4 Å². The zero-order valence-electron chi connectivity index (χ0n) is 15.1. The minimum Gasteiger partial charge on any atom is -0.493 e. The van der Waals surface area contributed by atoms with Crippen LogP contribution in [0.2, 0.25) is 0 Å². The lowest BCUT2D eigenvalue weighted by Gasteiger charge is -2.09. The number of rotatable bonds is 8. The summed E-state index contributed by atoms with van der Waals surface area (Å²) in [4.78, 5) is 11.0. The summed E-state index contributed by atoms with van der Waals surface area (Å²) in [6.07, 6.45) is 10.3. The molecule has 1 heterocycles. The Bertz CT molecular complexity index is 796. The van der Waals surface area contributed by atoms with Crippen molar-refractivity contribution in [2.24, 2.45) is 5.92 Å². The van der Waals surface area contributed by atoms with Gasteiger partial charge in [0.05, 0.1) is 19.3 Å². The van der Waals surface area contributed by atoms with Gasteiger partial charge in [0.25, 0.3) is 0 Å². The summed E-state index contributed by atoms with van der Waals surface area (Å²) in [5.74, 6) is 1.62. The summed E-state index contributed by atoms with van der Waals surface area (Å²) in [5.41, 5.74) is 2.15. The first-order chi connectivity index (χ1) is 12.5. The first-order valence-corrected chi connectivity index (χ1v) is 9.68. The summed E-state index contributed by atoms with van der Waals surface area (Å²) in [5, 5.41) is 7.23. The molecule has 5 nitrogen and oxygen atoms in total. The van der Waals surface area contributed by atoms with Gasteiger partial charge in [-0.05, 0) is 43.4 Å². The fraction of sp³-hybridized carbons (Fsp3) is 0.400. The van der Waals surface area contributed by atoms with Gasteiger partial charge in [0.2, 0.25) is 5.91 Å². The zero-order chi connectivity index (χ0) is 18.5. The van der Waals surface area contributed by atoms with Crippen molar-refractivity contribution < 1.29 is 9.53 Å². The van der Waals surface area contributed by atoms with Gasteiger partial charge in [0.1, 0.15) is 5.75 Å². The van der Waals surface area contributed by atoms with Crippen molar-refractivity contribution in [2.75, 3.05) is 6.61 Å². The van der Waals surface area contributed by atoms with Crippen LogP contribution in [-0.4, -0.2) is 28.3 Å². The van der Waals surface area contributed by atoms with E-state index in [1.807, 2.05) is 48.3 Å². The van der Waals surface area contributed by atoms with Crippen LogP contribution in [0.5, 0.6) is 5.75 Å². The lowest BCUT2D eigenvalue weighted by atomic mass is 10.2. The first kappa shape index (κ1) is 18.7. The van der Waals surface area contributed by atoms with Crippen molar-refractivity contribution >= 4 is 27.9 Å². The highest BCUT2D eigenvalue weighted by molar-refractivity contribution is 9.10. The molecule has 1 aliphatic carbocycles. The van der Waals surface area contributed by atoms with Gasteiger partial charge in [-0.1, -0.05) is 34.1 Å². The van der Waals surface area contributed by atoms with Crippen molar-refractivity contribution in [3.05, 3.63) is 52.3 Å².